The van der Waals surface area contributed by atoms with Gasteiger partial charge in [-0.15, -0.1) is 11.3 Å². The van der Waals surface area contributed by atoms with E-state index in [0.717, 1.165) is 24.3 Å². The number of fused-ring (bicyclic) bond motifs is 1. The SMILES string of the molecule is Cn1nccc1C(NCc1nc2c(s1)CC(C)(C)CC2)C(=O)O. The van der Waals surface area contributed by atoms with Gasteiger partial charge in [0.05, 0.1) is 11.4 Å². The molecule has 124 valence electrons. The molecule has 2 aromatic rings. The maximum absolute atomic E-state index is 11.5. The van der Waals surface area contributed by atoms with Crippen molar-refractivity contribution >= 4 is 17.3 Å². The van der Waals surface area contributed by atoms with Gasteiger partial charge in [0.15, 0.2) is 0 Å². The molecule has 6 nitrogen and oxygen atoms in total. The molecule has 2 heterocycles. The van der Waals surface area contributed by atoms with Crippen molar-refractivity contribution in [3.05, 3.63) is 33.5 Å². The summed E-state index contributed by atoms with van der Waals surface area (Å²) < 4.78 is 1.58. The Morgan fingerprint density at radius 1 is 1.57 bits per heavy atom. The van der Waals surface area contributed by atoms with Crippen LogP contribution in [0.3, 0.4) is 0 Å². The van der Waals surface area contributed by atoms with Crippen molar-refractivity contribution in [1.82, 2.24) is 20.1 Å². The molecule has 0 fully saturated rings. The Labute approximate surface area is 139 Å². The van der Waals surface area contributed by atoms with Gasteiger partial charge < -0.3 is 5.11 Å². The summed E-state index contributed by atoms with van der Waals surface area (Å²) in [5.74, 6) is -0.906. The molecule has 2 N–H and O–H groups in total. The van der Waals surface area contributed by atoms with Gasteiger partial charge in [0, 0.05) is 24.7 Å². The smallest absolute Gasteiger partial charge is 0.326 e. The van der Waals surface area contributed by atoms with Gasteiger partial charge in [-0.3, -0.25) is 14.8 Å². The number of nitrogens with one attached hydrogen (secondary N) is 1. The summed E-state index contributed by atoms with van der Waals surface area (Å²) in [5, 5.41) is 17.6. The molecule has 1 aliphatic rings. The van der Waals surface area contributed by atoms with Gasteiger partial charge in [-0.2, -0.15) is 5.10 Å². The van der Waals surface area contributed by atoms with Crippen LogP contribution in [0.5, 0.6) is 0 Å². The molecule has 0 saturated carbocycles. The summed E-state index contributed by atoms with van der Waals surface area (Å²) in [7, 11) is 1.75. The van der Waals surface area contributed by atoms with Gasteiger partial charge in [0.1, 0.15) is 11.0 Å². The molecule has 23 heavy (non-hydrogen) atoms. The Morgan fingerprint density at radius 3 is 3.00 bits per heavy atom. The molecule has 0 aliphatic heterocycles. The van der Waals surface area contributed by atoms with Crippen LogP contribution in [0.25, 0.3) is 0 Å². The number of carboxylic acid groups (broad SMARTS) is 1. The molecule has 1 aliphatic carbocycles. The lowest BCUT2D eigenvalue weighted by molar-refractivity contribution is -0.139. The number of aromatic nitrogens is 3. The van der Waals surface area contributed by atoms with E-state index in [0.29, 0.717) is 17.7 Å². The Balaban J connectivity index is 1.72. The molecule has 0 spiro atoms. The molecular weight excluding hydrogens is 312 g/mol. The number of hydrogen-bond acceptors (Lipinski definition) is 5. The summed E-state index contributed by atoms with van der Waals surface area (Å²) in [5.41, 5.74) is 2.17. The van der Waals surface area contributed by atoms with E-state index in [-0.39, 0.29) is 0 Å². The number of aryl methyl sites for hydroxylation is 2. The van der Waals surface area contributed by atoms with E-state index in [1.807, 2.05) is 0 Å². The van der Waals surface area contributed by atoms with Crippen LogP contribution in [-0.4, -0.2) is 25.8 Å². The minimum absolute atomic E-state index is 0.336. The average molecular weight is 334 g/mol. The predicted octanol–water partition coefficient (Wildman–Crippen LogP) is 2.31. The van der Waals surface area contributed by atoms with Crippen LogP contribution in [0, 0.1) is 5.41 Å². The van der Waals surface area contributed by atoms with Crippen LogP contribution in [0.2, 0.25) is 0 Å². The van der Waals surface area contributed by atoms with Gasteiger partial charge in [0.2, 0.25) is 0 Å². The number of carbonyl (C=O) groups is 1. The maximum atomic E-state index is 11.5. The van der Waals surface area contributed by atoms with Gasteiger partial charge in [-0.1, -0.05) is 13.8 Å². The highest BCUT2D eigenvalue weighted by atomic mass is 32.1. The standard InChI is InChI=1S/C16H22N4O2S/c1-16(2)6-4-10-12(8-16)23-13(19-10)9-17-14(15(21)22)11-5-7-18-20(11)3/h5,7,14,17H,4,6,8-9H2,1-3H3,(H,21,22). The third-order valence-electron chi connectivity index (χ3n) is 4.36. The third kappa shape index (κ3) is 3.45. The quantitative estimate of drug-likeness (QED) is 0.877. The lowest BCUT2D eigenvalue weighted by Gasteiger charge is -2.28. The zero-order valence-corrected chi connectivity index (χ0v) is 14.5. The average Bonchev–Trinajstić information content (AvgIpc) is 3.04. The number of hydrogen-bond donors (Lipinski definition) is 2. The second kappa shape index (κ2) is 6.05. The molecule has 1 unspecified atom stereocenters. The molecule has 0 amide bonds. The van der Waals surface area contributed by atoms with Crippen LogP contribution in [0.15, 0.2) is 12.3 Å². The number of carboxylic acids is 1. The first-order chi connectivity index (χ1) is 10.9. The molecule has 1 atom stereocenters. The van der Waals surface area contributed by atoms with E-state index in [2.05, 4.69) is 24.3 Å². The van der Waals surface area contributed by atoms with Crippen molar-refractivity contribution < 1.29 is 9.90 Å². The minimum atomic E-state index is -0.906. The zero-order chi connectivity index (χ0) is 16.6. The highest BCUT2D eigenvalue weighted by Crippen LogP contribution is 2.37. The molecule has 0 saturated heterocycles. The van der Waals surface area contributed by atoms with Crippen LogP contribution >= 0.6 is 11.3 Å². The predicted molar refractivity (Wildman–Crippen MR) is 88.3 cm³/mol. The second-order valence-corrected chi connectivity index (χ2v) is 8.02. The van der Waals surface area contributed by atoms with E-state index in [9.17, 15) is 9.90 Å². The lowest BCUT2D eigenvalue weighted by atomic mass is 9.79. The summed E-state index contributed by atoms with van der Waals surface area (Å²) in [6.45, 7) is 5.03. The fraction of sp³-hybridized carbons (Fsp3) is 0.562. The Hall–Kier alpha value is -1.73. The Kier molecular flexibility index (Phi) is 4.25. The van der Waals surface area contributed by atoms with Crippen molar-refractivity contribution in [2.45, 2.75) is 45.7 Å². The largest absolute Gasteiger partial charge is 0.480 e. The Morgan fingerprint density at radius 2 is 2.35 bits per heavy atom. The topological polar surface area (TPSA) is 80.0 Å². The van der Waals surface area contributed by atoms with Crippen molar-refractivity contribution in [1.29, 1.82) is 0 Å². The van der Waals surface area contributed by atoms with Crippen molar-refractivity contribution in [2.24, 2.45) is 12.5 Å². The highest BCUT2D eigenvalue weighted by Gasteiger charge is 2.28. The maximum Gasteiger partial charge on any atom is 0.326 e. The van der Waals surface area contributed by atoms with E-state index in [1.54, 1.807) is 35.3 Å². The number of thiazole rings is 1. The van der Waals surface area contributed by atoms with Crippen LogP contribution in [0.4, 0.5) is 0 Å². The lowest BCUT2D eigenvalue weighted by Crippen LogP contribution is -2.29. The van der Waals surface area contributed by atoms with Crippen molar-refractivity contribution in [3.8, 4) is 0 Å². The van der Waals surface area contributed by atoms with E-state index >= 15 is 0 Å². The van der Waals surface area contributed by atoms with Crippen molar-refractivity contribution in [3.63, 3.8) is 0 Å². The van der Waals surface area contributed by atoms with Crippen LogP contribution in [0.1, 0.15) is 47.6 Å². The van der Waals surface area contributed by atoms with Crippen LogP contribution in [-0.2, 0) is 31.2 Å². The first-order valence-corrected chi connectivity index (χ1v) is 8.59. The number of aliphatic carboxylic acids is 1. The van der Waals surface area contributed by atoms with Crippen molar-refractivity contribution in [2.75, 3.05) is 0 Å². The third-order valence-corrected chi connectivity index (χ3v) is 5.46. The molecule has 0 bridgehead atoms. The minimum Gasteiger partial charge on any atom is -0.480 e. The molecule has 0 aromatic carbocycles. The first kappa shape index (κ1) is 16.1. The van der Waals surface area contributed by atoms with Gasteiger partial charge >= 0.3 is 5.97 Å². The number of nitrogens with zero attached hydrogens (tertiary/aromatic N) is 3. The summed E-state index contributed by atoms with van der Waals surface area (Å²) in [4.78, 5) is 17.6. The highest BCUT2D eigenvalue weighted by molar-refractivity contribution is 7.11. The summed E-state index contributed by atoms with van der Waals surface area (Å²) in [6.07, 6.45) is 4.84. The molecular formula is C16H22N4O2S. The fourth-order valence-electron chi connectivity index (χ4n) is 3.00. The van der Waals surface area contributed by atoms with E-state index < -0.39 is 12.0 Å². The molecule has 2 aromatic heterocycles. The van der Waals surface area contributed by atoms with Gasteiger partial charge in [0.25, 0.3) is 0 Å². The summed E-state index contributed by atoms with van der Waals surface area (Å²) in [6, 6.07) is 0.945. The Bertz CT molecular complexity index is 719. The van der Waals surface area contributed by atoms with E-state index in [1.165, 1.54) is 10.6 Å². The molecule has 7 heteroatoms. The fourth-order valence-corrected chi connectivity index (χ4v) is 4.32. The molecule has 0 radical (unpaired) electrons. The van der Waals surface area contributed by atoms with E-state index in [4.69, 9.17) is 4.98 Å². The van der Waals surface area contributed by atoms with Gasteiger partial charge in [-0.05, 0) is 30.7 Å². The number of rotatable bonds is 5. The first-order valence-electron chi connectivity index (χ1n) is 7.77. The second-order valence-electron chi connectivity index (χ2n) is 6.85. The normalized spacial score (nSPS) is 17.7. The summed E-state index contributed by atoms with van der Waals surface area (Å²) >= 11 is 1.70. The van der Waals surface area contributed by atoms with Crippen LogP contribution < -0.4 is 5.32 Å². The zero-order valence-electron chi connectivity index (χ0n) is 13.7. The van der Waals surface area contributed by atoms with Gasteiger partial charge in [-0.25, -0.2) is 4.98 Å². The molecule has 3 rings (SSSR count). The monoisotopic (exact) mass is 334 g/mol.